The fraction of sp³-hybridized carbons (Fsp3) is 0.818. The Morgan fingerprint density at radius 3 is 2.29 bits per heavy atom. The molecular formula is C11H18ClNO4. The Kier molecular flexibility index (Phi) is 3.36. The summed E-state index contributed by atoms with van der Waals surface area (Å²) < 4.78 is 5.22. The molecular weight excluding hydrogens is 246 g/mol. The topological polar surface area (TPSA) is 66.8 Å². The van der Waals surface area contributed by atoms with E-state index in [0.717, 1.165) is 0 Å². The van der Waals surface area contributed by atoms with E-state index in [4.69, 9.17) is 4.74 Å². The summed E-state index contributed by atoms with van der Waals surface area (Å²) in [6.45, 7) is 5.84. The fourth-order valence-corrected chi connectivity index (χ4v) is 2.53. The van der Waals surface area contributed by atoms with Crippen LogP contribution in [0, 0.1) is 5.92 Å². The highest BCUT2D eigenvalue weighted by Gasteiger charge is 2.63. The van der Waals surface area contributed by atoms with Crippen molar-refractivity contribution in [2.75, 3.05) is 6.54 Å². The maximum atomic E-state index is 11.8. The van der Waals surface area contributed by atoms with Crippen LogP contribution in [0.1, 0.15) is 33.6 Å². The number of halogens is 1. The second-order valence-corrected chi connectivity index (χ2v) is 5.70. The van der Waals surface area contributed by atoms with Crippen LogP contribution in [0.15, 0.2) is 0 Å². The Morgan fingerprint density at radius 2 is 1.88 bits per heavy atom. The van der Waals surface area contributed by atoms with Crippen LogP contribution in [-0.2, 0) is 9.53 Å². The van der Waals surface area contributed by atoms with Gasteiger partial charge in [-0.05, 0) is 39.5 Å². The van der Waals surface area contributed by atoms with Crippen molar-refractivity contribution in [1.29, 1.82) is 0 Å². The van der Waals surface area contributed by atoms with E-state index in [1.54, 1.807) is 20.8 Å². The maximum Gasteiger partial charge on any atom is 0.411 e. The molecule has 2 heterocycles. The summed E-state index contributed by atoms with van der Waals surface area (Å²) in [4.78, 5) is 24.4. The summed E-state index contributed by atoms with van der Waals surface area (Å²) in [6.07, 6.45) is 0.637. The average molecular weight is 264 g/mol. The Morgan fingerprint density at radius 1 is 1.35 bits per heavy atom. The molecule has 2 bridgehead atoms. The number of carbonyl (C=O) groups is 2. The van der Waals surface area contributed by atoms with Gasteiger partial charge >= 0.3 is 12.1 Å². The van der Waals surface area contributed by atoms with Crippen molar-refractivity contribution < 1.29 is 19.4 Å². The van der Waals surface area contributed by atoms with Gasteiger partial charge in [-0.3, -0.25) is 4.90 Å². The predicted molar refractivity (Wildman–Crippen MR) is 63.3 cm³/mol. The van der Waals surface area contributed by atoms with Crippen LogP contribution >= 0.6 is 12.4 Å². The smallest absolute Gasteiger partial charge is 0.411 e. The Hall–Kier alpha value is -0.970. The third-order valence-corrected chi connectivity index (χ3v) is 3.22. The molecule has 0 aromatic rings. The Bertz CT molecular complexity index is 344. The minimum Gasteiger partial charge on any atom is -0.479 e. The molecule has 2 aliphatic heterocycles. The molecule has 98 valence electrons. The van der Waals surface area contributed by atoms with Crippen LogP contribution in [0.5, 0.6) is 0 Å². The van der Waals surface area contributed by atoms with E-state index in [9.17, 15) is 14.7 Å². The van der Waals surface area contributed by atoms with Crippen LogP contribution < -0.4 is 0 Å². The van der Waals surface area contributed by atoms with E-state index in [2.05, 4.69) is 0 Å². The van der Waals surface area contributed by atoms with Gasteiger partial charge in [-0.2, -0.15) is 0 Å². The quantitative estimate of drug-likeness (QED) is 0.785. The summed E-state index contributed by atoms with van der Waals surface area (Å²) in [7, 11) is 0. The lowest BCUT2D eigenvalue weighted by Gasteiger charge is -2.38. The highest BCUT2D eigenvalue weighted by molar-refractivity contribution is 5.87. The number of nitrogens with zero attached hydrogens (tertiary/aromatic N) is 1. The lowest BCUT2D eigenvalue weighted by atomic mass is 9.73. The van der Waals surface area contributed by atoms with Gasteiger partial charge < -0.3 is 9.84 Å². The minimum atomic E-state index is -0.979. The SMILES string of the molecule is CC(C)(C)OC(=O)N1CC2CC1(C(=O)O)C2.Cl. The van der Waals surface area contributed by atoms with E-state index >= 15 is 0 Å². The molecule has 3 aliphatic rings. The first-order valence-electron chi connectivity index (χ1n) is 5.49. The number of aliphatic carboxylic acids is 1. The summed E-state index contributed by atoms with van der Waals surface area (Å²) in [6, 6.07) is 0. The van der Waals surface area contributed by atoms with Gasteiger partial charge in [-0.25, -0.2) is 9.59 Å². The van der Waals surface area contributed by atoms with Crippen molar-refractivity contribution in [2.24, 2.45) is 5.92 Å². The number of hydrogen-bond acceptors (Lipinski definition) is 3. The number of hydrogen-bond donors (Lipinski definition) is 1. The average Bonchev–Trinajstić information content (AvgIpc) is 2.51. The first-order chi connectivity index (χ1) is 7.24. The van der Waals surface area contributed by atoms with E-state index in [1.165, 1.54) is 4.90 Å². The standard InChI is InChI=1S/C11H17NO4.ClH/c1-10(2,3)16-9(15)12-6-7-4-11(12,5-7)8(13)14;/h7H,4-6H2,1-3H3,(H,13,14);1H. The summed E-state index contributed by atoms with van der Waals surface area (Å²) in [5, 5.41) is 9.18. The molecule has 17 heavy (non-hydrogen) atoms. The van der Waals surface area contributed by atoms with E-state index in [-0.39, 0.29) is 12.4 Å². The molecule has 2 saturated heterocycles. The zero-order chi connectivity index (χ0) is 12.1. The predicted octanol–water partition coefficient (Wildman–Crippen LogP) is 1.89. The summed E-state index contributed by atoms with van der Waals surface area (Å²) in [5.74, 6) is -0.573. The molecule has 1 N–H and O–H groups in total. The van der Waals surface area contributed by atoms with Crippen molar-refractivity contribution in [3.05, 3.63) is 0 Å². The molecule has 0 unspecified atom stereocenters. The van der Waals surface area contributed by atoms with Gasteiger partial charge in [0.25, 0.3) is 0 Å². The lowest BCUT2D eigenvalue weighted by molar-refractivity contribution is -0.152. The van der Waals surface area contributed by atoms with Crippen molar-refractivity contribution >= 4 is 24.5 Å². The van der Waals surface area contributed by atoms with Gasteiger partial charge in [-0.1, -0.05) is 0 Å². The molecule has 3 fully saturated rings. The molecule has 3 rings (SSSR count). The van der Waals surface area contributed by atoms with Crippen LogP contribution in [-0.4, -0.2) is 39.8 Å². The molecule has 1 aliphatic carbocycles. The van der Waals surface area contributed by atoms with Gasteiger partial charge in [0.05, 0.1) is 0 Å². The second kappa shape index (κ2) is 4.05. The second-order valence-electron chi connectivity index (χ2n) is 5.70. The molecule has 0 radical (unpaired) electrons. The molecule has 0 aromatic carbocycles. The Balaban J connectivity index is 0.00000144. The zero-order valence-electron chi connectivity index (χ0n) is 10.2. The largest absolute Gasteiger partial charge is 0.479 e. The molecule has 0 aromatic heterocycles. The van der Waals surface area contributed by atoms with E-state index in [1.807, 2.05) is 0 Å². The number of carboxylic acids is 1. The van der Waals surface area contributed by atoms with Crippen molar-refractivity contribution in [3.63, 3.8) is 0 Å². The van der Waals surface area contributed by atoms with E-state index in [0.29, 0.717) is 25.3 Å². The molecule has 0 spiro atoms. The van der Waals surface area contributed by atoms with E-state index < -0.39 is 23.2 Å². The maximum absolute atomic E-state index is 11.8. The molecule has 5 nitrogen and oxygen atoms in total. The number of carboxylic acid groups (broad SMARTS) is 1. The van der Waals surface area contributed by atoms with Gasteiger partial charge in [0.15, 0.2) is 0 Å². The van der Waals surface area contributed by atoms with Gasteiger partial charge in [0, 0.05) is 6.54 Å². The van der Waals surface area contributed by atoms with Gasteiger partial charge in [0.1, 0.15) is 11.1 Å². The summed E-state index contributed by atoms with van der Waals surface area (Å²) >= 11 is 0. The van der Waals surface area contributed by atoms with Crippen LogP contribution in [0.4, 0.5) is 4.79 Å². The first-order valence-corrected chi connectivity index (χ1v) is 5.49. The first kappa shape index (κ1) is 14.1. The lowest BCUT2D eigenvalue weighted by Crippen LogP contribution is -2.55. The molecule has 1 amide bonds. The van der Waals surface area contributed by atoms with Crippen molar-refractivity contribution in [3.8, 4) is 0 Å². The highest BCUT2D eigenvalue weighted by Crippen LogP contribution is 2.51. The third kappa shape index (κ3) is 2.20. The van der Waals surface area contributed by atoms with Crippen LogP contribution in [0.25, 0.3) is 0 Å². The summed E-state index contributed by atoms with van der Waals surface area (Å²) in [5.41, 5.74) is -1.56. The third-order valence-electron chi connectivity index (χ3n) is 3.22. The molecule has 0 atom stereocenters. The number of carbonyl (C=O) groups excluding carboxylic acids is 1. The highest BCUT2D eigenvalue weighted by atomic mass is 35.5. The van der Waals surface area contributed by atoms with Gasteiger partial charge in [0.2, 0.25) is 0 Å². The number of ether oxygens (including phenoxy) is 1. The van der Waals surface area contributed by atoms with Crippen molar-refractivity contribution in [1.82, 2.24) is 4.90 Å². The minimum absolute atomic E-state index is 0. The Labute approximate surface area is 107 Å². The van der Waals surface area contributed by atoms with Gasteiger partial charge in [-0.15, -0.1) is 12.4 Å². The van der Waals surface area contributed by atoms with Crippen molar-refractivity contribution in [2.45, 2.75) is 44.8 Å². The van der Waals surface area contributed by atoms with Crippen LogP contribution in [0.3, 0.4) is 0 Å². The van der Waals surface area contributed by atoms with Crippen LogP contribution in [0.2, 0.25) is 0 Å². The number of amides is 1. The monoisotopic (exact) mass is 263 g/mol. The number of rotatable bonds is 1. The number of fused-ring (bicyclic) bond motifs is 1. The fourth-order valence-electron chi connectivity index (χ4n) is 2.53. The molecule has 6 heteroatoms. The molecule has 1 saturated carbocycles. The zero-order valence-corrected chi connectivity index (χ0v) is 11.0. The normalized spacial score (nSPS) is 30.3.